The number of hydrogen-bond donors (Lipinski definition) is 1. The molecule has 0 radical (unpaired) electrons. The third-order valence-corrected chi connectivity index (χ3v) is 6.43. The molecule has 2 aromatic carbocycles. The largest absolute Gasteiger partial charge is 0.352 e. The van der Waals surface area contributed by atoms with Crippen LogP contribution in [0.4, 0.5) is 0 Å². The molecule has 0 saturated heterocycles. The molecule has 2 atom stereocenters. The Morgan fingerprint density at radius 3 is 2.16 bits per heavy atom. The van der Waals surface area contributed by atoms with Gasteiger partial charge in [0.25, 0.3) is 0 Å². The van der Waals surface area contributed by atoms with Crippen molar-refractivity contribution in [2.24, 2.45) is 0 Å². The highest BCUT2D eigenvalue weighted by Crippen LogP contribution is 2.27. The highest BCUT2D eigenvalue weighted by Gasteiger charge is 2.30. The summed E-state index contributed by atoms with van der Waals surface area (Å²) in [5.74, 6) is -0.479. The summed E-state index contributed by atoms with van der Waals surface area (Å²) in [6.45, 7) is 5.94. The molecule has 0 bridgehead atoms. The van der Waals surface area contributed by atoms with Crippen molar-refractivity contribution in [1.29, 1.82) is 0 Å². The van der Waals surface area contributed by atoms with Crippen molar-refractivity contribution in [2.75, 3.05) is 0 Å². The number of carbonyl (C=O) groups excluding carboxylic acids is 2. The van der Waals surface area contributed by atoms with Crippen molar-refractivity contribution in [3.63, 3.8) is 0 Å². The van der Waals surface area contributed by atoms with Gasteiger partial charge in [0.1, 0.15) is 6.04 Å². The lowest BCUT2D eigenvalue weighted by molar-refractivity contribution is -0.141. The smallest absolute Gasteiger partial charge is 0.243 e. The van der Waals surface area contributed by atoms with Crippen molar-refractivity contribution in [2.45, 2.75) is 58.7 Å². The van der Waals surface area contributed by atoms with E-state index < -0.39 is 6.04 Å². The number of nitrogens with one attached hydrogen (secondary N) is 1. The molecule has 8 heteroatoms. The van der Waals surface area contributed by atoms with Gasteiger partial charge in [-0.15, -0.1) is 0 Å². The third kappa shape index (κ3) is 7.01. The Hall–Kier alpha value is -1.46. The highest BCUT2D eigenvalue weighted by atomic mass is 35.5. The van der Waals surface area contributed by atoms with Gasteiger partial charge >= 0.3 is 0 Å². The lowest BCUT2D eigenvalue weighted by Gasteiger charge is -2.32. The van der Waals surface area contributed by atoms with Gasteiger partial charge < -0.3 is 10.2 Å². The number of halogens is 4. The van der Waals surface area contributed by atoms with Crippen molar-refractivity contribution in [3.05, 3.63) is 67.6 Å². The Bertz CT molecular complexity index is 916. The van der Waals surface area contributed by atoms with E-state index in [0.29, 0.717) is 37.6 Å². The van der Waals surface area contributed by atoms with Gasteiger partial charge in [0.15, 0.2) is 0 Å². The van der Waals surface area contributed by atoms with Crippen LogP contribution in [0.1, 0.15) is 44.7 Å². The summed E-state index contributed by atoms with van der Waals surface area (Å²) in [6.07, 6.45) is 1.20. The van der Waals surface area contributed by atoms with Crippen LogP contribution in [0.15, 0.2) is 36.4 Å². The molecule has 2 rings (SSSR count). The SMILES string of the molecule is CC[C@H](C(=O)N[C@@H](C)CC)N(Cc1ccc(Cl)cc1Cl)C(=O)Cc1c(Cl)cccc1Cl. The molecule has 4 nitrogen and oxygen atoms in total. The first kappa shape index (κ1) is 25.8. The van der Waals surface area contributed by atoms with Crippen molar-refractivity contribution >= 4 is 58.2 Å². The zero-order chi connectivity index (χ0) is 23.1. The number of nitrogens with zero attached hydrogens (tertiary/aromatic N) is 1. The summed E-state index contributed by atoms with van der Waals surface area (Å²) >= 11 is 24.9. The minimum atomic E-state index is -0.672. The predicted octanol–water partition coefficient (Wildman–Crippen LogP) is 6.56. The van der Waals surface area contributed by atoms with Crippen LogP contribution >= 0.6 is 46.4 Å². The molecule has 1 N–H and O–H groups in total. The van der Waals surface area contributed by atoms with Crippen LogP contribution in [0, 0.1) is 0 Å². The molecule has 0 aliphatic heterocycles. The molecule has 2 amide bonds. The molecule has 0 spiro atoms. The minimum absolute atomic E-state index is 0.00404. The van der Waals surface area contributed by atoms with Gasteiger partial charge in [-0.2, -0.15) is 0 Å². The molecule has 0 saturated carbocycles. The fourth-order valence-corrected chi connectivity index (χ4v) is 4.15. The van der Waals surface area contributed by atoms with E-state index in [-0.39, 0.29) is 30.8 Å². The van der Waals surface area contributed by atoms with E-state index in [1.165, 1.54) is 4.90 Å². The molecule has 0 heterocycles. The second-order valence-corrected chi connectivity index (χ2v) is 9.03. The van der Waals surface area contributed by atoms with Gasteiger partial charge in [0, 0.05) is 32.7 Å². The number of benzene rings is 2. The van der Waals surface area contributed by atoms with E-state index in [9.17, 15) is 9.59 Å². The quantitative estimate of drug-likeness (QED) is 0.421. The number of carbonyl (C=O) groups is 2. The minimum Gasteiger partial charge on any atom is -0.352 e. The predicted molar refractivity (Wildman–Crippen MR) is 129 cm³/mol. The van der Waals surface area contributed by atoms with E-state index in [2.05, 4.69) is 5.32 Å². The van der Waals surface area contributed by atoms with E-state index in [1.807, 2.05) is 20.8 Å². The maximum absolute atomic E-state index is 13.4. The van der Waals surface area contributed by atoms with E-state index in [1.54, 1.807) is 36.4 Å². The third-order valence-electron chi connectivity index (χ3n) is 5.13. The molecule has 168 valence electrons. The molecular formula is C23H26Cl4N2O2. The molecule has 2 aromatic rings. The summed E-state index contributed by atoms with van der Waals surface area (Å²) < 4.78 is 0. The van der Waals surface area contributed by atoms with Crippen LogP contribution in [-0.4, -0.2) is 28.8 Å². The van der Waals surface area contributed by atoms with Crippen molar-refractivity contribution in [3.8, 4) is 0 Å². The standard InChI is InChI=1S/C23H26Cl4N2O2/c1-4-14(3)28-23(31)21(5-2)29(13-15-9-10-16(24)11-20(15)27)22(30)12-17-18(25)7-6-8-19(17)26/h6-11,14,21H,4-5,12-13H2,1-3H3,(H,28,31)/t14-,21+/m0/s1. The van der Waals surface area contributed by atoms with Crippen LogP contribution in [0.2, 0.25) is 20.1 Å². The summed E-state index contributed by atoms with van der Waals surface area (Å²) in [5.41, 5.74) is 1.22. The normalized spacial score (nSPS) is 12.9. The Labute approximate surface area is 203 Å². The first-order valence-electron chi connectivity index (χ1n) is 10.1. The summed E-state index contributed by atoms with van der Waals surface area (Å²) in [4.78, 5) is 27.9. The summed E-state index contributed by atoms with van der Waals surface area (Å²) in [7, 11) is 0. The Morgan fingerprint density at radius 1 is 0.968 bits per heavy atom. The zero-order valence-corrected chi connectivity index (χ0v) is 20.7. The Kier molecular flexibility index (Phi) is 9.95. The average Bonchev–Trinajstić information content (AvgIpc) is 2.71. The zero-order valence-electron chi connectivity index (χ0n) is 17.7. The van der Waals surface area contributed by atoms with Gasteiger partial charge in [0.05, 0.1) is 6.42 Å². The van der Waals surface area contributed by atoms with Crippen LogP contribution in [0.25, 0.3) is 0 Å². The second-order valence-electron chi connectivity index (χ2n) is 7.38. The van der Waals surface area contributed by atoms with Gasteiger partial charge in [-0.05, 0) is 55.2 Å². The van der Waals surface area contributed by atoms with Crippen molar-refractivity contribution in [1.82, 2.24) is 10.2 Å². The second kappa shape index (κ2) is 12.0. The molecule has 0 aromatic heterocycles. The van der Waals surface area contributed by atoms with Gasteiger partial charge in [-0.1, -0.05) is 72.4 Å². The Balaban J connectivity index is 2.40. The molecule has 0 fully saturated rings. The van der Waals surface area contributed by atoms with Crippen LogP contribution < -0.4 is 5.32 Å². The maximum atomic E-state index is 13.4. The topological polar surface area (TPSA) is 49.4 Å². The Morgan fingerprint density at radius 2 is 1.61 bits per heavy atom. The lowest BCUT2D eigenvalue weighted by atomic mass is 10.1. The van der Waals surface area contributed by atoms with Crippen molar-refractivity contribution < 1.29 is 9.59 Å². The first-order chi connectivity index (χ1) is 14.7. The first-order valence-corrected chi connectivity index (χ1v) is 11.7. The summed E-state index contributed by atoms with van der Waals surface area (Å²) in [5, 5.41) is 4.71. The molecule has 0 aliphatic carbocycles. The van der Waals surface area contributed by atoms with Gasteiger partial charge in [-0.25, -0.2) is 0 Å². The number of amides is 2. The summed E-state index contributed by atoms with van der Waals surface area (Å²) in [6, 6.07) is 9.49. The monoisotopic (exact) mass is 502 g/mol. The van der Waals surface area contributed by atoms with E-state index in [0.717, 1.165) is 6.42 Å². The number of rotatable bonds is 9. The van der Waals surface area contributed by atoms with Gasteiger partial charge in [-0.3, -0.25) is 9.59 Å². The molecule has 31 heavy (non-hydrogen) atoms. The van der Waals surface area contributed by atoms with E-state index >= 15 is 0 Å². The van der Waals surface area contributed by atoms with Crippen LogP contribution in [0.3, 0.4) is 0 Å². The number of hydrogen-bond acceptors (Lipinski definition) is 2. The highest BCUT2D eigenvalue weighted by molar-refractivity contribution is 6.36. The fraction of sp³-hybridized carbons (Fsp3) is 0.391. The van der Waals surface area contributed by atoms with Crippen LogP contribution in [-0.2, 0) is 22.6 Å². The lowest BCUT2D eigenvalue weighted by Crippen LogP contribution is -2.51. The van der Waals surface area contributed by atoms with Crippen LogP contribution in [0.5, 0.6) is 0 Å². The van der Waals surface area contributed by atoms with E-state index in [4.69, 9.17) is 46.4 Å². The van der Waals surface area contributed by atoms with Gasteiger partial charge in [0.2, 0.25) is 11.8 Å². The fourth-order valence-electron chi connectivity index (χ4n) is 3.15. The molecule has 0 unspecified atom stereocenters. The maximum Gasteiger partial charge on any atom is 0.243 e. The molecular weight excluding hydrogens is 478 g/mol. The average molecular weight is 504 g/mol. The molecule has 0 aliphatic rings.